The molecule has 0 bridgehead atoms. The molecule has 0 aliphatic rings. The monoisotopic (exact) mass is 488 g/mol. The lowest BCUT2D eigenvalue weighted by Crippen LogP contribution is -2.43. The van der Waals surface area contributed by atoms with E-state index in [0.29, 0.717) is 34.7 Å². The molecule has 2 aromatic rings. The molecule has 5 nitrogen and oxygen atoms in total. The summed E-state index contributed by atoms with van der Waals surface area (Å²) < 4.78 is 11.4. The van der Waals surface area contributed by atoms with Gasteiger partial charge in [-0.3, -0.25) is 4.79 Å². The number of nitrogens with one attached hydrogen (secondary N) is 2. The Morgan fingerprint density at radius 1 is 1.03 bits per heavy atom. The van der Waals surface area contributed by atoms with Gasteiger partial charge in [0, 0.05) is 22.1 Å². The summed E-state index contributed by atoms with van der Waals surface area (Å²) in [5.74, 6) is 1.01. The van der Waals surface area contributed by atoms with Crippen molar-refractivity contribution in [1.29, 1.82) is 0 Å². The number of carbonyl (C=O) groups excluding carboxylic acids is 1. The van der Waals surface area contributed by atoms with Crippen LogP contribution in [0.15, 0.2) is 36.4 Å². The van der Waals surface area contributed by atoms with Gasteiger partial charge in [-0.2, -0.15) is 0 Å². The minimum absolute atomic E-state index is 0. The van der Waals surface area contributed by atoms with Crippen LogP contribution >= 0.6 is 35.6 Å². The van der Waals surface area contributed by atoms with Gasteiger partial charge < -0.3 is 20.1 Å². The zero-order valence-electron chi connectivity index (χ0n) is 18.4. The van der Waals surface area contributed by atoms with Crippen molar-refractivity contribution in [1.82, 2.24) is 10.6 Å². The Morgan fingerprint density at radius 3 is 2.42 bits per heavy atom. The molecule has 0 atom stereocenters. The van der Waals surface area contributed by atoms with E-state index in [2.05, 4.69) is 10.6 Å². The third kappa shape index (κ3) is 10.0. The van der Waals surface area contributed by atoms with Gasteiger partial charge in [0.25, 0.3) is 5.91 Å². The molecule has 0 saturated carbocycles. The van der Waals surface area contributed by atoms with Crippen molar-refractivity contribution in [3.63, 3.8) is 0 Å². The van der Waals surface area contributed by atoms with E-state index in [1.165, 1.54) is 0 Å². The molecule has 2 N–H and O–H groups in total. The summed E-state index contributed by atoms with van der Waals surface area (Å²) in [5, 5.41) is 7.60. The van der Waals surface area contributed by atoms with Crippen molar-refractivity contribution >= 4 is 41.5 Å². The van der Waals surface area contributed by atoms with Crippen molar-refractivity contribution in [2.24, 2.45) is 0 Å². The van der Waals surface area contributed by atoms with Crippen molar-refractivity contribution in [3.05, 3.63) is 57.6 Å². The van der Waals surface area contributed by atoms with E-state index in [1.54, 1.807) is 6.07 Å². The van der Waals surface area contributed by atoms with E-state index >= 15 is 0 Å². The van der Waals surface area contributed by atoms with Gasteiger partial charge in [-0.15, -0.1) is 12.4 Å². The maximum absolute atomic E-state index is 12.0. The first-order chi connectivity index (χ1) is 14.2. The molecule has 1 amide bonds. The fourth-order valence-corrected chi connectivity index (χ4v) is 3.33. The van der Waals surface area contributed by atoms with Crippen molar-refractivity contribution < 1.29 is 14.3 Å². The molecule has 0 fully saturated rings. The van der Waals surface area contributed by atoms with Crippen molar-refractivity contribution in [2.45, 2.75) is 46.2 Å². The second-order valence-corrected chi connectivity index (χ2v) is 8.81. The Kier molecular flexibility index (Phi) is 11.5. The summed E-state index contributed by atoms with van der Waals surface area (Å²) in [4.78, 5) is 12.0. The van der Waals surface area contributed by atoms with E-state index in [-0.39, 0.29) is 30.5 Å². The van der Waals surface area contributed by atoms with Gasteiger partial charge in [-0.1, -0.05) is 35.3 Å². The number of ether oxygens (including phenoxy) is 2. The van der Waals surface area contributed by atoms with Gasteiger partial charge in [0.2, 0.25) is 0 Å². The van der Waals surface area contributed by atoms with Crippen LogP contribution in [-0.2, 0) is 17.8 Å². The van der Waals surface area contributed by atoms with E-state index in [1.807, 2.05) is 58.0 Å². The lowest BCUT2D eigenvalue weighted by molar-refractivity contribution is -0.124. The van der Waals surface area contributed by atoms with Gasteiger partial charge in [0.05, 0.1) is 6.61 Å². The normalized spacial score (nSPS) is 10.9. The maximum Gasteiger partial charge on any atom is 0.258 e. The van der Waals surface area contributed by atoms with Crippen LogP contribution in [0.1, 0.15) is 38.8 Å². The summed E-state index contributed by atoms with van der Waals surface area (Å²) in [6.45, 7) is 9.61. The van der Waals surface area contributed by atoms with Crippen LogP contribution in [0.3, 0.4) is 0 Å². The summed E-state index contributed by atoms with van der Waals surface area (Å²) in [6.07, 6.45) is 0.804. The summed E-state index contributed by atoms with van der Waals surface area (Å²) >= 11 is 12.1. The van der Waals surface area contributed by atoms with Crippen LogP contribution < -0.4 is 20.1 Å². The van der Waals surface area contributed by atoms with E-state index in [4.69, 9.17) is 32.7 Å². The zero-order valence-corrected chi connectivity index (χ0v) is 20.7. The molecule has 0 aliphatic heterocycles. The van der Waals surface area contributed by atoms with Gasteiger partial charge >= 0.3 is 0 Å². The molecule has 31 heavy (non-hydrogen) atoms. The van der Waals surface area contributed by atoms with Gasteiger partial charge in [0.15, 0.2) is 18.1 Å². The Morgan fingerprint density at radius 2 is 1.77 bits per heavy atom. The number of rotatable bonds is 10. The minimum Gasteiger partial charge on any atom is -0.490 e. The number of hydrogen-bond donors (Lipinski definition) is 2. The molecule has 8 heteroatoms. The number of halogens is 3. The van der Waals surface area contributed by atoms with Crippen LogP contribution in [0.25, 0.3) is 0 Å². The van der Waals surface area contributed by atoms with E-state index in [0.717, 1.165) is 24.1 Å². The molecule has 172 valence electrons. The summed E-state index contributed by atoms with van der Waals surface area (Å²) in [7, 11) is 0. The number of amides is 1. The fourth-order valence-electron chi connectivity index (χ4n) is 2.83. The average molecular weight is 490 g/mol. The summed E-state index contributed by atoms with van der Waals surface area (Å²) in [5.41, 5.74) is 1.82. The largest absolute Gasteiger partial charge is 0.490 e. The Bertz CT molecular complexity index is 854. The molecule has 0 aliphatic carbocycles. The average Bonchev–Trinajstić information content (AvgIpc) is 2.65. The lowest BCUT2D eigenvalue weighted by Gasteiger charge is -2.21. The molecular weight excluding hydrogens is 459 g/mol. The second-order valence-electron chi connectivity index (χ2n) is 7.96. The number of hydrogen-bond acceptors (Lipinski definition) is 4. The third-order valence-corrected chi connectivity index (χ3v) is 4.68. The van der Waals surface area contributed by atoms with E-state index in [9.17, 15) is 4.79 Å². The quantitative estimate of drug-likeness (QED) is 0.436. The topological polar surface area (TPSA) is 59.6 Å². The highest BCUT2D eigenvalue weighted by Crippen LogP contribution is 2.28. The fraction of sp³-hybridized carbons (Fsp3) is 0.435. The number of benzene rings is 2. The molecule has 0 radical (unpaired) electrons. The molecule has 0 aromatic heterocycles. The van der Waals surface area contributed by atoms with Crippen molar-refractivity contribution in [2.75, 3.05) is 19.8 Å². The molecule has 2 aromatic carbocycles. The first-order valence-electron chi connectivity index (χ1n) is 10.0. The second kappa shape index (κ2) is 13.0. The standard InChI is InChI=1S/C23H30Cl2N2O3.ClH/c1-5-29-21-12-16(6-9-20(21)30-15-22(28)27-23(2,3)4)14-26-11-10-17-7-8-18(24)13-19(17)25;/h6-9,12-13,26H,5,10-11,14-15H2,1-4H3,(H,27,28);1H. The number of carbonyl (C=O) groups is 1. The highest BCUT2D eigenvalue weighted by molar-refractivity contribution is 6.35. The Labute approximate surface area is 201 Å². The van der Waals surface area contributed by atoms with Crippen molar-refractivity contribution in [3.8, 4) is 11.5 Å². The predicted molar refractivity (Wildman–Crippen MR) is 130 cm³/mol. The first kappa shape index (κ1) is 27.4. The highest BCUT2D eigenvalue weighted by atomic mass is 35.5. The molecule has 0 saturated heterocycles. The van der Waals surface area contributed by atoms with Crippen LogP contribution in [0.4, 0.5) is 0 Å². The minimum atomic E-state index is -0.297. The predicted octanol–water partition coefficient (Wildman–Crippen LogP) is 5.44. The maximum atomic E-state index is 12.0. The smallest absolute Gasteiger partial charge is 0.258 e. The summed E-state index contributed by atoms with van der Waals surface area (Å²) in [6, 6.07) is 11.3. The molecule has 2 rings (SSSR count). The molecular formula is C23H31Cl3N2O3. The zero-order chi connectivity index (χ0) is 22.1. The van der Waals surface area contributed by atoms with E-state index < -0.39 is 0 Å². The van der Waals surface area contributed by atoms with Gasteiger partial charge in [-0.05, 0) is 76.1 Å². The Balaban J connectivity index is 0.00000480. The first-order valence-corrected chi connectivity index (χ1v) is 10.8. The highest BCUT2D eigenvalue weighted by Gasteiger charge is 2.15. The SMILES string of the molecule is CCOc1cc(CNCCc2ccc(Cl)cc2Cl)ccc1OCC(=O)NC(C)(C)C.Cl. The van der Waals surface area contributed by atoms with Crippen LogP contribution in [0.2, 0.25) is 10.0 Å². The Hall–Kier alpha value is -1.66. The third-order valence-electron chi connectivity index (χ3n) is 4.10. The van der Waals surface area contributed by atoms with Gasteiger partial charge in [-0.25, -0.2) is 0 Å². The van der Waals surface area contributed by atoms with Gasteiger partial charge in [0.1, 0.15) is 0 Å². The van der Waals surface area contributed by atoms with Crippen LogP contribution in [-0.4, -0.2) is 31.2 Å². The molecule has 0 spiro atoms. The van der Waals surface area contributed by atoms with Crippen LogP contribution in [0, 0.1) is 0 Å². The van der Waals surface area contributed by atoms with Crippen LogP contribution in [0.5, 0.6) is 11.5 Å². The molecule has 0 unspecified atom stereocenters. The molecule has 0 heterocycles. The lowest BCUT2D eigenvalue weighted by atomic mass is 10.1.